The Hall–Kier alpha value is -1.47. The van der Waals surface area contributed by atoms with E-state index < -0.39 is 13.7 Å². The van der Waals surface area contributed by atoms with Crippen molar-refractivity contribution in [1.29, 1.82) is 0 Å². The first-order chi connectivity index (χ1) is 24.8. The summed E-state index contributed by atoms with van der Waals surface area (Å²) in [6.07, 6.45) is 40.0. The third kappa shape index (κ3) is 38.1. The average Bonchev–Trinajstić information content (AvgIpc) is 3.11. The van der Waals surface area contributed by atoms with Gasteiger partial charge in [-0.3, -0.25) is 18.7 Å². The Morgan fingerprint density at radius 3 is 1.24 bits per heavy atom. The lowest BCUT2D eigenvalue weighted by atomic mass is 10.1. The number of hydrogen-bond acceptors (Lipinski definition) is 8. The van der Waals surface area contributed by atoms with Crippen molar-refractivity contribution in [3.05, 3.63) is 24.3 Å². The molecule has 0 amide bonds. The van der Waals surface area contributed by atoms with Gasteiger partial charge in [0.15, 0.2) is 0 Å². The summed E-state index contributed by atoms with van der Waals surface area (Å²) in [7, 11) is -3.46. The smallest absolute Gasteiger partial charge is 0.328 e. The molecule has 9 heteroatoms. The largest absolute Gasteiger partial charge is 0.463 e. The van der Waals surface area contributed by atoms with E-state index in [2.05, 4.69) is 38.2 Å². The van der Waals surface area contributed by atoms with Crippen LogP contribution in [-0.4, -0.2) is 51.1 Å². The van der Waals surface area contributed by atoms with Gasteiger partial charge < -0.3 is 19.7 Å². The second-order valence-electron chi connectivity index (χ2n) is 14.2. The maximum absolute atomic E-state index is 12.7. The number of unbranched alkanes of at least 4 members (excludes halogenated alkanes) is 22. The minimum atomic E-state index is -3.46. The van der Waals surface area contributed by atoms with Crippen molar-refractivity contribution < 1.29 is 32.7 Å². The number of carbonyl (C=O) groups excluding carboxylic acids is 2. The number of rotatable bonds is 39. The summed E-state index contributed by atoms with van der Waals surface area (Å²) in [4.78, 5) is 24.8. The third-order valence-corrected chi connectivity index (χ3v) is 10.3. The highest BCUT2D eigenvalue weighted by Crippen LogP contribution is 2.45. The molecule has 0 aliphatic rings. The predicted octanol–water partition coefficient (Wildman–Crippen LogP) is 12.3. The Morgan fingerprint density at radius 1 is 0.549 bits per heavy atom. The fourth-order valence-corrected chi connectivity index (χ4v) is 6.99. The van der Waals surface area contributed by atoms with Gasteiger partial charge in [-0.2, -0.15) is 0 Å². The van der Waals surface area contributed by atoms with Gasteiger partial charge in [-0.15, -0.1) is 0 Å². The molecule has 0 aromatic carbocycles. The third-order valence-electron chi connectivity index (χ3n) is 8.93. The summed E-state index contributed by atoms with van der Waals surface area (Å²) in [5.74, 6) is -0.677. The highest BCUT2D eigenvalue weighted by Gasteiger charge is 2.26. The summed E-state index contributed by atoms with van der Waals surface area (Å²) < 4.78 is 34.5. The number of allylic oxidation sites excluding steroid dienone is 4. The normalized spacial score (nSPS) is 13.0. The van der Waals surface area contributed by atoms with Crippen molar-refractivity contribution in [2.75, 3.05) is 33.0 Å². The number of nitrogens with two attached hydrogens (primary N) is 1. The van der Waals surface area contributed by atoms with Crippen LogP contribution in [0.5, 0.6) is 0 Å². The van der Waals surface area contributed by atoms with Crippen molar-refractivity contribution in [2.45, 2.75) is 200 Å². The van der Waals surface area contributed by atoms with E-state index in [1.807, 2.05) is 0 Å². The van der Waals surface area contributed by atoms with Gasteiger partial charge in [0.25, 0.3) is 0 Å². The molecule has 0 fully saturated rings. The Kier molecular flexibility index (Phi) is 37.2. The lowest BCUT2D eigenvalue weighted by Crippen LogP contribution is -2.28. The molecular formula is C42H80NO7P. The fourth-order valence-electron chi connectivity index (χ4n) is 5.82. The van der Waals surface area contributed by atoms with Crippen LogP contribution in [-0.2, 0) is 32.7 Å². The highest BCUT2D eigenvalue weighted by molar-refractivity contribution is 7.53. The minimum Gasteiger partial charge on any atom is -0.463 e. The zero-order valence-corrected chi connectivity index (χ0v) is 34.3. The predicted molar refractivity (Wildman–Crippen MR) is 214 cm³/mol. The van der Waals surface area contributed by atoms with Gasteiger partial charge in [-0.05, 0) is 64.2 Å². The quantitative estimate of drug-likeness (QED) is 0.0287. The van der Waals surface area contributed by atoms with Crippen molar-refractivity contribution in [1.82, 2.24) is 0 Å². The first-order valence-electron chi connectivity index (χ1n) is 21.1. The van der Waals surface area contributed by atoms with E-state index in [4.69, 9.17) is 24.3 Å². The molecule has 0 saturated carbocycles. The molecule has 0 spiro atoms. The van der Waals surface area contributed by atoms with Gasteiger partial charge in [-0.1, -0.05) is 141 Å². The fraction of sp³-hybridized carbons (Fsp3) is 0.857. The Morgan fingerprint density at radius 2 is 0.882 bits per heavy atom. The van der Waals surface area contributed by atoms with Crippen molar-refractivity contribution >= 4 is 19.5 Å². The second-order valence-corrected chi connectivity index (χ2v) is 16.2. The zero-order chi connectivity index (χ0) is 37.5. The Labute approximate surface area is 314 Å². The number of hydrogen-bond donors (Lipinski definition) is 1. The summed E-state index contributed by atoms with van der Waals surface area (Å²) in [6, 6.07) is 0. The molecule has 0 aromatic heterocycles. The number of esters is 2. The van der Waals surface area contributed by atoms with E-state index in [1.165, 1.54) is 109 Å². The van der Waals surface area contributed by atoms with Gasteiger partial charge in [0.1, 0.15) is 19.3 Å². The molecule has 0 rings (SSSR count). The molecule has 0 heterocycles. The zero-order valence-electron chi connectivity index (χ0n) is 33.4. The Balaban J connectivity index is 4.13. The Bertz CT molecular complexity index is 838. The first kappa shape index (κ1) is 49.5. The van der Waals surface area contributed by atoms with Crippen LogP contribution in [0, 0.1) is 0 Å². The van der Waals surface area contributed by atoms with E-state index in [0.717, 1.165) is 64.2 Å². The molecule has 0 aromatic rings. The molecule has 0 saturated heterocycles. The van der Waals surface area contributed by atoms with Crippen molar-refractivity contribution in [3.8, 4) is 0 Å². The molecule has 51 heavy (non-hydrogen) atoms. The molecule has 0 aliphatic carbocycles. The highest BCUT2D eigenvalue weighted by atomic mass is 31.2. The van der Waals surface area contributed by atoms with E-state index in [0.29, 0.717) is 12.8 Å². The topological polar surface area (TPSA) is 114 Å². The van der Waals surface area contributed by atoms with Crippen LogP contribution in [0.3, 0.4) is 0 Å². The first-order valence-corrected chi connectivity index (χ1v) is 23.0. The van der Waals surface area contributed by atoms with Crippen molar-refractivity contribution in [3.63, 3.8) is 0 Å². The molecule has 300 valence electrons. The van der Waals surface area contributed by atoms with Gasteiger partial charge >= 0.3 is 19.5 Å². The lowest BCUT2D eigenvalue weighted by molar-refractivity contribution is -0.151. The maximum Gasteiger partial charge on any atom is 0.328 e. The van der Waals surface area contributed by atoms with Crippen LogP contribution < -0.4 is 5.73 Å². The molecule has 1 atom stereocenters. The summed E-state index contributed by atoms with van der Waals surface area (Å²) in [5, 5.41) is 0. The molecule has 0 aliphatic heterocycles. The van der Waals surface area contributed by atoms with Crippen LogP contribution in [0.4, 0.5) is 0 Å². The molecular weight excluding hydrogens is 661 g/mol. The average molecular weight is 742 g/mol. The van der Waals surface area contributed by atoms with Crippen molar-refractivity contribution in [2.24, 2.45) is 5.73 Å². The van der Waals surface area contributed by atoms with Crippen LogP contribution in [0.15, 0.2) is 24.3 Å². The van der Waals surface area contributed by atoms with E-state index in [-0.39, 0.29) is 38.3 Å². The molecule has 0 radical (unpaired) electrons. The van der Waals surface area contributed by atoms with Crippen LogP contribution in [0.2, 0.25) is 0 Å². The maximum atomic E-state index is 12.7. The number of ether oxygens (including phenoxy) is 2. The van der Waals surface area contributed by atoms with Gasteiger partial charge in [0.2, 0.25) is 0 Å². The molecule has 8 nitrogen and oxygen atoms in total. The summed E-state index contributed by atoms with van der Waals surface area (Å²) >= 11 is 0. The lowest BCUT2D eigenvalue weighted by Gasteiger charge is -2.22. The minimum absolute atomic E-state index is 0.0744. The molecule has 0 bridgehead atoms. The van der Waals surface area contributed by atoms with Crippen LogP contribution in [0.1, 0.15) is 194 Å². The van der Waals surface area contributed by atoms with E-state index in [1.54, 1.807) is 0 Å². The van der Waals surface area contributed by atoms with Gasteiger partial charge in [0.05, 0.1) is 6.61 Å². The second kappa shape index (κ2) is 38.3. The number of carbonyl (C=O) groups is 2. The standard InChI is InChI=1S/C42H80NO7P/c1-4-6-8-10-12-14-16-18-20-22-24-26-28-30-32-34-41(44)47-38-40(50-51(3,46)49-37-36-43)39-48-42(45)35-33-31-29-27-25-23-21-19-17-15-13-11-9-7-5-2/h18-21,40H,4-17,22-39,43H2,1-3H3/b20-18-,21-19-. The molecule has 1 unspecified atom stereocenters. The van der Waals surface area contributed by atoms with E-state index in [9.17, 15) is 14.2 Å². The van der Waals surface area contributed by atoms with Gasteiger partial charge in [-0.25, -0.2) is 0 Å². The van der Waals surface area contributed by atoms with Crippen LogP contribution in [0.25, 0.3) is 0 Å². The SMILES string of the molecule is CCCCCCCC/C=C\CCCCCCCC(=O)OCC(COC(=O)CCCCCCC/C=C\CCCCCCCC)OP(C)(=O)OCCN. The summed E-state index contributed by atoms with van der Waals surface area (Å²) in [5.41, 5.74) is 5.48. The molecule has 2 N–H and O–H groups in total. The monoisotopic (exact) mass is 742 g/mol. The van der Waals surface area contributed by atoms with Gasteiger partial charge in [0, 0.05) is 26.1 Å². The van der Waals surface area contributed by atoms with Crippen LogP contribution >= 0.6 is 7.60 Å². The summed E-state index contributed by atoms with van der Waals surface area (Å²) in [6.45, 7) is 5.80. The van der Waals surface area contributed by atoms with E-state index >= 15 is 0 Å².